The summed E-state index contributed by atoms with van der Waals surface area (Å²) in [4.78, 5) is 0. The fraction of sp³-hybridized carbons (Fsp3) is 0.571. The Morgan fingerprint density at radius 2 is 2.00 bits per heavy atom. The average molecular weight is 268 g/mol. The van der Waals surface area contributed by atoms with Gasteiger partial charge in [-0.2, -0.15) is 11.8 Å². The molecule has 2 saturated heterocycles. The molecule has 1 aromatic carbocycles. The van der Waals surface area contributed by atoms with E-state index in [1.165, 1.54) is 32.1 Å². The van der Waals surface area contributed by atoms with Crippen LogP contribution in [0.15, 0.2) is 18.2 Å². The van der Waals surface area contributed by atoms with E-state index >= 15 is 0 Å². The highest BCUT2D eigenvalue weighted by Gasteiger charge is 2.45. The third-order valence-corrected chi connectivity index (χ3v) is 5.57. The average Bonchev–Trinajstić information content (AvgIpc) is 2.68. The fourth-order valence-corrected chi connectivity index (χ4v) is 5.02. The molecule has 2 nitrogen and oxygen atoms in total. The smallest absolute Gasteiger partial charge is 0.127 e. The molecule has 0 aromatic heterocycles. The first kappa shape index (κ1) is 12.3. The van der Waals surface area contributed by atoms with Gasteiger partial charge in [0.25, 0.3) is 0 Å². The van der Waals surface area contributed by atoms with E-state index in [0.29, 0.717) is 16.2 Å². The zero-order chi connectivity index (χ0) is 12.8. The Balaban J connectivity index is 1.98. The van der Waals surface area contributed by atoms with Crippen LogP contribution in [0.5, 0.6) is 5.75 Å². The zero-order valence-electron chi connectivity index (χ0n) is 10.4. The van der Waals surface area contributed by atoms with Gasteiger partial charge in [-0.3, -0.25) is 0 Å². The molecule has 98 valence electrons. The van der Waals surface area contributed by atoms with E-state index in [4.69, 9.17) is 4.74 Å². The van der Waals surface area contributed by atoms with E-state index in [0.717, 1.165) is 18.4 Å². The summed E-state index contributed by atoms with van der Waals surface area (Å²) in [6.45, 7) is 0. The lowest BCUT2D eigenvalue weighted by Crippen LogP contribution is -2.35. The normalized spacial score (nSPS) is 34.6. The first-order valence-electron chi connectivity index (χ1n) is 6.32. The predicted molar refractivity (Wildman–Crippen MR) is 70.5 cm³/mol. The second-order valence-electron chi connectivity index (χ2n) is 5.24. The van der Waals surface area contributed by atoms with Crippen LogP contribution < -0.4 is 4.74 Å². The third-order valence-electron chi connectivity index (χ3n) is 3.99. The molecule has 0 radical (unpaired) electrons. The fourth-order valence-electron chi connectivity index (χ4n) is 3.19. The van der Waals surface area contributed by atoms with E-state index in [1.54, 1.807) is 6.07 Å². The number of hydrogen-bond donors (Lipinski definition) is 1. The van der Waals surface area contributed by atoms with Crippen molar-refractivity contribution in [3.63, 3.8) is 0 Å². The number of halogens is 1. The summed E-state index contributed by atoms with van der Waals surface area (Å²) < 4.78 is 18.5. The van der Waals surface area contributed by atoms with Gasteiger partial charge in [-0.05, 0) is 37.8 Å². The Bertz CT molecular complexity index is 451. The number of methoxy groups -OCH3 is 1. The lowest BCUT2D eigenvalue weighted by atomic mass is 9.85. The Labute approximate surface area is 111 Å². The summed E-state index contributed by atoms with van der Waals surface area (Å²) >= 11 is 1.99. The second-order valence-corrected chi connectivity index (χ2v) is 6.85. The number of benzene rings is 1. The number of hydrogen-bond acceptors (Lipinski definition) is 3. The maximum atomic E-state index is 13.2. The van der Waals surface area contributed by atoms with E-state index in [2.05, 4.69) is 0 Å². The van der Waals surface area contributed by atoms with Crippen LogP contribution in [0.2, 0.25) is 0 Å². The topological polar surface area (TPSA) is 29.5 Å². The molecule has 1 aromatic rings. The SMILES string of the molecule is COc1cc(F)ccc1C1(O)CC2CCC(C1)S2. The molecule has 2 heterocycles. The largest absolute Gasteiger partial charge is 0.496 e. The van der Waals surface area contributed by atoms with Gasteiger partial charge in [0.2, 0.25) is 0 Å². The molecule has 1 N–H and O–H groups in total. The van der Waals surface area contributed by atoms with Gasteiger partial charge >= 0.3 is 0 Å². The molecule has 4 heteroatoms. The summed E-state index contributed by atoms with van der Waals surface area (Å²) in [6, 6.07) is 4.43. The summed E-state index contributed by atoms with van der Waals surface area (Å²) in [5.41, 5.74) is -0.112. The molecular weight excluding hydrogens is 251 g/mol. The Hall–Kier alpha value is -0.740. The van der Waals surface area contributed by atoms with Crippen LogP contribution >= 0.6 is 11.8 Å². The van der Waals surface area contributed by atoms with Crippen molar-refractivity contribution in [3.8, 4) is 5.75 Å². The number of thioether (sulfide) groups is 1. The van der Waals surface area contributed by atoms with Crippen LogP contribution in [0.1, 0.15) is 31.2 Å². The van der Waals surface area contributed by atoms with Crippen LogP contribution in [0, 0.1) is 5.82 Å². The highest BCUT2D eigenvalue weighted by Crippen LogP contribution is 2.52. The molecule has 0 amide bonds. The van der Waals surface area contributed by atoms with Crippen LogP contribution in [-0.2, 0) is 5.60 Å². The van der Waals surface area contributed by atoms with Crippen molar-refractivity contribution in [2.75, 3.05) is 7.11 Å². The summed E-state index contributed by atoms with van der Waals surface area (Å²) in [7, 11) is 1.52. The molecule has 0 aliphatic carbocycles. The highest BCUT2D eigenvalue weighted by atomic mass is 32.2. The van der Waals surface area contributed by atoms with Gasteiger partial charge in [0.15, 0.2) is 0 Å². The van der Waals surface area contributed by atoms with Crippen molar-refractivity contribution < 1.29 is 14.2 Å². The van der Waals surface area contributed by atoms with E-state index in [-0.39, 0.29) is 5.82 Å². The maximum Gasteiger partial charge on any atom is 0.127 e. The van der Waals surface area contributed by atoms with Crippen LogP contribution in [0.3, 0.4) is 0 Å². The Kier molecular flexibility index (Phi) is 3.02. The molecule has 2 aliphatic heterocycles. The zero-order valence-corrected chi connectivity index (χ0v) is 11.2. The van der Waals surface area contributed by atoms with Crippen LogP contribution in [0.25, 0.3) is 0 Å². The van der Waals surface area contributed by atoms with Gasteiger partial charge in [-0.1, -0.05) is 0 Å². The molecule has 2 aliphatic rings. The van der Waals surface area contributed by atoms with E-state index in [1.807, 2.05) is 11.8 Å². The first-order chi connectivity index (χ1) is 8.60. The van der Waals surface area contributed by atoms with Crippen molar-refractivity contribution in [1.82, 2.24) is 0 Å². The van der Waals surface area contributed by atoms with Crippen molar-refractivity contribution in [2.24, 2.45) is 0 Å². The van der Waals surface area contributed by atoms with Gasteiger partial charge in [0, 0.05) is 22.1 Å². The van der Waals surface area contributed by atoms with Gasteiger partial charge in [-0.25, -0.2) is 4.39 Å². The standard InChI is InChI=1S/C14H17FO2S/c1-17-13-6-9(15)2-5-12(13)14(16)7-10-3-4-11(8-14)18-10/h2,5-6,10-11,16H,3-4,7-8H2,1H3. The lowest BCUT2D eigenvalue weighted by molar-refractivity contribution is 0.0173. The summed E-state index contributed by atoms with van der Waals surface area (Å²) in [5.74, 6) is 0.135. The second kappa shape index (κ2) is 4.42. The molecule has 2 unspecified atom stereocenters. The lowest BCUT2D eigenvalue weighted by Gasteiger charge is -2.37. The Morgan fingerprint density at radius 3 is 2.61 bits per heavy atom. The summed E-state index contributed by atoms with van der Waals surface area (Å²) in [5, 5.41) is 12.0. The van der Waals surface area contributed by atoms with Crippen molar-refractivity contribution in [3.05, 3.63) is 29.6 Å². The van der Waals surface area contributed by atoms with Gasteiger partial charge in [0.1, 0.15) is 11.6 Å². The Morgan fingerprint density at radius 1 is 1.33 bits per heavy atom. The number of rotatable bonds is 2. The molecule has 0 saturated carbocycles. The van der Waals surface area contributed by atoms with Gasteiger partial charge in [0.05, 0.1) is 12.7 Å². The molecule has 2 fully saturated rings. The minimum absolute atomic E-state index is 0.327. The molecule has 18 heavy (non-hydrogen) atoms. The quantitative estimate of drug-likeness (QED) is 0.894. The molecule has 2 bridgehead atoms. The number of fused-ring (bicyclic) bond motifs is 2. The summed E-state index contributed by atoms with van der Waals surface area (Å²) in [6.07, 6.45) is 3.86. The highest BCUT2D eigenvalue weighted by molar-refractivity contribution is 8.00. The molecule has 0 spiro atoms. The van der Waals surface area contributed by atoms with Gasteiger partial charge in [-0.15, -0.1) is 0 Å². The number of aliphatic hydroxyl groups is 1. The number of ether oxygens (including phenoxy) is 1. The minimum Gasteiger partial charge on any atom is -0.496 e. The van der Waals surface area contributed by atoms with Crippen LogP contribution in [-0.4, -0.2) is 22.7 Å². The van der Waals surface area contributed by atoms with Crippen molar-refractivity contribution in [1.29, 1.82) is 0 Å². The van der Waals surface area contributed by atoms with E-state index < -0.39 is 5.60 Å². The minimum atomic E-state index is -0.851. The first-order valence-corrected chi connectivity index (χ1v) is 7.27. The molecular formula is C14H17FO2S. The van der Waals surface area contributed by atoms with Gasteiger partial charge < -0.3 is 9.84 Å². The van der Waals surface area contributed by atoms with E-state index in [9.17, 15) is 9.50 Å². The van der Waals surface area contributed by atoms with Crippen molar-refractivity contribution in [2.45, 2.75) is 41.8 Å². The third kappa shape index (κ3) is 2.01. The van der Waals surface area contributed by atoms with Crippen LogP contribution in [0.4, 0.5) is 4.39 Å². The van der Waals surface area contributed by atoms with Crippen molar-refractivity contribution >= 4 is 11.8 Å². The molecule has 3 rings (SSSR count). The maximum absolute atomic E-state index is 13.2. The predicted octanol–water partition coefficient (Wildman–Crippen LogP) is 3.08. The monoisotopic (exact) mass is 268 g/mol. The molecule has 2 atom stereocenters.